The summed E-state index contributed by atoms with van der Waals surface area (Å²) in [4.78, 5) is 25.9. The average molecular weight is 399 g/mol. The van der Waals surface area contributed by atoms with E-state index in [4.69, 9.17) is 14.2 Å². The first-order valence-corrected chi connectivity index (χ1v) is 7.89. The number of hydrogen-bond acceptors (Lipinski definition) is 5. The number of carbonyl (C=O) groups excluding carboxylic acids is 2. The molecule has 1 aliphatic rings. The first-order valence-electron chi connectivity index (χ1n) is 7.10. The fraction of sp³-hybridized carbons (Fsp3) is 0.375. The molecule has 1 aromatic carbocycles. The lowest BCUT2D eigenvalue weighted by atomic mass is 9.94. The predicted molar refractivity (Wildman–Crippen MR) is 91.0 cm³/mol. The number of hydrogen-bond donors (Lipinski definition) is 1. The van der Waals surface area contributed by atoms with E-state index >= 15 is 0 Å². The molecule has 0 saturated carbocycles. The highest BCUT2D eigenvalue weighted by molar-refractivity contribution is 9.10. The second-order valence-corrected chi connectivity index (χ2v) is 6.08. The van der Waals surface area contributed by atoms with E-state index in [1.54, 1.807) is 26.1 Å². The Bertz CT molecular complexity index is 717. The summed E-state index contributed by atoms with van der Waals surface area (Å²) in [5.41, 5.74) is 1.43. The summed E-state index contributed by atoms with van der Waals surface area (Å²) >= 11 is 3.41. The fourth-order valence-electron chi connectivity index (χ4n) is 2.62. The first kappa shape index (κ1) is 18.1. The van der Waals surface area contributed by atoms with Crippen LogP contribution in [0.4, 0.5) is 4.79 Å². The van der Waals surface area contributed by atoms with E-state index in [2.05, 4.69) is 21.2 Å². The van der Waals surface area contributed by atoms with Gasteiger partial charge in [0.1, 0.15) is 0 Å². The number of amides is 2. The molecule has 0 bridgehead atoms. The number of methoxy groups -OCH3 is 3. The molecule has 0 fully saturated rings. The number of urea groups is 1. The van der Waals surface area contributed by atoms with Gasteiger partial charge in [0.2, 0.25) is 0 Å². The van der Waals surface area contributed by atoms with Crippen LogP contribution in [0.5, 0.6) is 11.5 Å². The zero-order valence-electron chi connectivity index (χ0n) is 14.1. The van der Waals surface area contributed by atoms with Gasteiger partial charge in [0, 0.05) is 22.8 Å². The molecular formula is C16H19BrN2O5. The van der Waals surface area contributed by atoms with Crippen LogP contribution in [-0.2, 0) is 9.53 Å². The number of allylic oxidation sites excluding steroid dienone is 1. The topological polar surface area (TPSA) is 77.1 Å². The Morgan fingerprint density at radius 2 is 1.92 bits per heavy atom. The van der Waals surface area contributed by atoms with E-state index in [-0.39, 0.29) is 6.03 Å². The minimum atomic E-state index is -0.720. The van der Waals surface area contributed by atoms with Crippen LogP contribution in [0, 0.1) is 0 Å². The number of halogens is 1. The van der Waals surface area contributed by atoms with Crippen LogP contribution in [0.3, 0.4) is 0 Å². The van der Waals surface area contributed by atoms with Crippen molar-refractivity contribution in [2.24, 2.45) is 0 Å². The third kappa shape index (κ3) is 3.06. The maximum absolute atomic E-state index is 12.3. The molecule has 1 aromatic rings. The molecule has 7 nitrogen and oxygen atoms in total. The maximum atomic E-state index is 12.3. The van der Waals surface area contributed by atoms with E-state index < -0.39 is 12.0 Å². The summed E-state index contributed by atoms with van der Waals surface area (Å²) in [6, 6.07) is 2.47. The van der Waals surface area contributed by atoms with Gasteiger partial charge in [-0.2, -0.15) is 0 Å². The van der Waals surface area contributed by atoms with Crippen LogP contribution in [0.15, 0.2) is 27.9 Å². The normalized spacial score (nSPS) is 17.5. The smallest absolute Gasteiger partial charge is 0.337 e. The van der Waals surface area contributed by atoms with Gasteiger partial charge in [-0.25, -0.2) is 9.59 Å². The number of esters is 1. The van der Waals surface area contributed by atoms with E-state index in [1.807, 2.05) is 0 Å². The molecule has 1 N–H and O–H groups in total. The summed E-state index contributed by atoms with van der Waals surface area (Å²) < 4.78 is 16.4. The third-order valence-electron chi connectivity index (χ3n) is 3.94. The van der Waals surface area contributed by atoms with Gasteiger partial charge in [0.05, 0.1) is 32.9 Å². The molecule has 0 saturated heterocycles. The molecule has 0 unspecified atom stereocenters. The van der Waals surface area contributed by atoms with Gasteiger partial charge < -0.3 is 24.4 Å². The van der Waals surface area contributed by atoms with Crippen molar-refractivity contribution in [2.75, 3.05) is 28.4 Å². The maximum Gasteiger partial charge on any atom is 0.337 e. The van der Waals surface area contributed by atoms with Crippen molar-refractivity contribution < 1.29 is 23.8 Å². The summed E-state index contributed by atoms with van der Waals surface area (Å²) in [6.07, 6.45) is 0. The van der Waals surface area contributed by atoms with Crippen LogP contribution >= 0.6 is 15.9 Å². The van der Waals surface area contributed by atoms with Crippen molar-refractivity contribution in [3.63, 3.8) is 0 Å². The standard InChI is InChI=1S/C16H19BrN2O5/c1-8-12(15(20)24-5)13(18-16(21)19(8)2)10-6-9(17)7-11(22-3)14(10)23-4/h6-7,13H,1-5H3,(H,18,21)/t13-/m0/s1. The van der Waals surface area contributed by atoms with Crippen LogP contribution < -0.4 is 14.8 Å². The fourth-order valence-corrected chi connectivity index (χ4v) is 3.07. The number of carbonyl (C=O) groups is 2. The zero-order valence-corrected chi connectivity index (χ0v) is 15.7. The molecule has 1 heterocycles. The highest BCUT2D eigenvalue weighted by atomic mass is 79.9. The van der Waals surface area contributed by atoms with Crippen LogP contribution in [0.1, 0.15) is 18.5 Å². The SMILES string of the molecule is COC(=O)C1=C(C)N(C)C(=O)N[C@H]1c1cc(Br)cc(OC)c1OC. The minimum Gasteiger partial charge on any atom is -0.493 e. The van der Waals surface area contributed by atoms with E-state index in [1.165, 1.54) is 26.2 Å². The van der Waals surface area contributed by atoms with Crippen molar-refractivity contribution >= 4 is 27.9 Å². The lowest BCUT2D eigenvalue weighted by Gasteiger charge is -2.33. The quantitative estimate of drug-likeness (QED) is 0.788. The lowest BCUT2D eigenvalue weighted by molar-refractivity contribution is -0.136. The van der Waals surface area contributed by atoms with Crippen LogP contribution in [0.2, 0.25) is 0 Å². The second kappa shape index (κ2) is 7.12. The van der Waals surface area contributed by atoms with Gasteiger partial charge in [0.15, 0.2) is 11.5 Å². The lowest BCUT2D eigenvalue weighted by Crippen LogP contribution is -2.46. The Labute approximate surface area is 148 Å². The molecule has 2 amide bonds. The zero-order chi connectivity index (χ0) is 18.0. The summed E-state index contributed by atoms with van der Waals surface area (Å²) in [5.74, 6) is 0.395. The third-order valence-corrected chi connectivity index (χ3v) is 4.40. The molecule has 24 heavy (non-hydrogen) atoms. The molecule has 0 spiro atoms. The summed E-state index contributed by atoms with van der Waals surface area (Å²) in [5, 5.41) is 2.80. The average Bonchev–Trinajstić information content (AvgIpc) is 2.57. The molecule has 2 rings (SSSR count). The van der Waals surface area contributed by atoms with Gasteiger partial charge >= 0.3 is 12.0 Å². The van der Waals surface area contributed by atoms with Gasteiger partial charge in [0.25, 0.3) is 0 Å². The van der Waals surface area contributed by atoms with Gasteiger partial charge in [-0.3, -0.25) is 0 Å². The predicted octanol–water partition coefficient (Wildman–Crippen LogP) is 2.61. The van der Waals surface area contributed by atoms with Gasteiger partial charge in [-0.15, -0.1) is 0 Å². The Kier molecular flexibility index (Phi) is 5.38. The van der Waals surface area contributed by atoms with Crippen molar-refractivity contribution in [1.29, 1.82) is 0 Å². The van der Waals surface area contributed by atoms with Crippen molar-refractivity contribution in [3.05, 3.63) is 33.4 Å². The van der Waals surface area contributed by atoms with Gasteiger partial charge in [-0.1, -0.05) is 15.9 Å². The van der Waals surface area contributed by atoms with E-state index in [9.17, 15) is 9.59 Å². The number of nitrogens with zero attached hydrogens (tertiary/aromatic N) is 1. The molecule has 0 radical (unpaired) electrons. The summed E-state index contributed by atoms with van der Waals surface area (Å²) in [6.45, 7) is 1.69. The Morgan fingerprint density at radius 1 is 1.25 bits per heavy atom. The summed E-state index contributed by atoms with van der Waals surface area (Å²) in [7, 11) is 5.90. The molecule has 8 heteroatoms. The largest absolute Gasteiger partial charge is 0.493 e. The highest BCUT2D eigenvalue weighted by Crippen LogP contribution is 2.42. The Hall–Kier alpha value is -2.22. The Balaban J connectivity index is 2.71. The molecule has 1 aliphatic heterocycles. The number of benzene rings is 1. The highest BCUT2D eigenvalue weighted by Gasteiger charge is 2.37. The number of ether oxygens (including phenoxy) is 3. The molecule has 0 aromatic heterocycles. The molecule has 1 atom stereocenters. The monoisotopic (exact) mass is 398 g/mol. The minimum absolute atomic E-state index is 0.328. The molecular weight excluding hydrogens is 380 g/mol. The van der Waals surface area contributed by atoms with E-state index in [0.29, 0.717) is 28.3 Å². The first-order chi connectivity index (χ1) is 11.3. The molecule has 130 valence electrons. The second-order valence-electron chi connectivity index (χ2n) is 5.16. The van der Waals surface area contributed by atoms with Crippen molar-refractivity contribution in [3.8, 4) is 11.5 Å². The van der Waals surface area contributed by atoms with Crippen molar-refractivity contribution in [1.82, 2.24) is 10.2 Å². The molecule has 0 aliphatic carbocycles. The van der Waals surface area contributed by atoms with Gasteiger partial charge in [-0.05, 0) is 19.1 Å². The van der Waals surface area contributed by atoms with Crippen LogP contribution in [-0.4, -0.2) is 45.3 Å². The Morgan fingerprint density at radius 3 is 2.46 bits per heavy atom. The number of rotatable bonds is 4. The number of nitrogens with one attached hydrogen (secondary N) is 1. The van der Waals surface area contributed by atoms with E-state index in [0.717, 1.165) is 4.47 Å². The van der Waals surface area contributed by atoms with Crippen molar-refractivity contribution in [2.45, 2.75) is 13.0 Å². The van der Waals surface area contributed by atoms with Crippen LogP contribution in [0.25, 0.3) is 0 Å².